The first-order chi connectivity index (χ1) is 9.61. The van der Waals surface area contributed by atoms with Gasteiger partial charge >= 0.3 is 0 Å². The Labute approximate surface area is 121 Å². The maximum atomic E-state index is 5.76. The number of aromatic nitrogens is 1. The van der Waals surface area contributed by atoms with Crippen LogP contribution in [0, 0.1) is 20.8 Å². The zero-order chi connectivity index (χ0) is 14.5. The lowest BCUT2D eigenvalue weighted by molar-refractivity contribution is 0.514. The topological polar surface area (TPSA) is 50.9 Å². The molecule has 3 heteroatoms. The predicted octanol–water partition coefficient (Wildman–Crippen LogP) is 3.14. The second-order valence-electron chi connectivity index (χ2n) is 5.41. The number of nitrogens with one attached hydrogen (secondary N) is 1. The van der Waals surface area contributed by atoms with Crippen molar-refractivity contribution >= 4 is 0 Å². The quantitative estimate of drug-likeness (QED) is 0.647. The van der Waals surface area contributed by atoms with Gasteiger partial charge in [0.1, 0.15) is 0 Å². The van der Waals surface area contributed by atoms with Gasteiger partial charge in [0.15, 0.2) is 0 Å². The van der Waals surface area contributed by atoms with Crippen molar-refractivity contribution in [1.29, 1.82) is 0 Å². The van der Waals surface area contributed by atoms with Gasteiger partial charge in [0.05, 0.1) is 0 Å². The minimum atomic E-state index is 0.183. The summed E-state index contributed by atoms with van der Waals surface area (Å²) in [5.41, 5.74) is 9.49. The summed E-state index contributed by atoms with van der Waals surface area (Å²) in [5, 5.41) is 0. The molecule has 0 saturated heterocycles. The van der Waals surface area contributed by atoms with Crippen LogP contribution in [-0.4, -0.2) is 4.98 Å². The Balaban J connectivity index is 2.14. The number of aryl methyl sites for hydroxylation is 4. The zero-order valence-electron chi connectivity index (χ0n) is 12.5. The van der Waals surface area contributed by atoms with Gasteiger partial charge < -0.3 is 0 Å². The summed E-state index contributed by atoms with van der Waals surface area (Å²) in [4.78, 5) is 4.05. The van der Waals surface area contributed by atoms with Crippen LogP contribution >= 0.6 is 0 Å². The molecule has 3 N–H and O–H groups in total. The smallest absolute Gasteiger partial charge is 0.0465 e. The molecular weight excluding hydrogens is 246 g/mol. The highest BCUT2D eigenvalue weighted by Crippen LogP contribution is 2.24. The second kappa shape index (κ2) is 6.64. The molecule has 20 heavy (non-hydrogen) atoms. The van der Waals surface area contributed by atoms with Gasteiger partial charge in [-0.2, -0.15) is 0 Å². The number of hydrogen-bond acceptors (Lipinski definition) is 3. The van der Waals surface area contributed by atoms with E-state index < -0.39 is 0 Å². The third-order valence-corrected chi connectivity index (χ3v) is 3.93. The van der Waals surface area contributed by atoms with Crippen molar-refractivity contribution in [3.05, 3.63) is 64.5 Å². The van der Waals surface area contributed by atoms with E-state index in [1.807, 2.05) is 12.4 Å². The van der Waals surface area contributed by atoms with Crippen molar-refractivity contribution in [2.24, 2.45) is 5.84 Å². The largest absolute Gasteiger partial charge is 0.271 e. The normalized spacial score (nSPS) is 12.4. The van der Waals surface area contributed by atoms with Crippen LogP contribution < -0.4 is 11.3 Å². The van der Waals surface area contributed by atoms with E-state index in [2.05, 4.69) is 55.4 Å². The van der Waals surface area contributed by atoms with Crippen molar-refractivity contribution in [3.8, 4) is 0 Å². The van der Waals surface area contributed by atoms with Gasteiger partial charge in [0.2, 0.25) is 0 Å². The van der Waals surface area contributed by atoms with Gasteiger partial charge in [-0.1, -0.05) is 12.1 Å². The Bertz CT molecular complexity index is 564. The molecule has 3 nitrogen and oxygen atoms in total. The summed E-state index contributed by atoms with van der Waals surface area (Å²) in [6, 6.07) is 8.78. The molecule has 0 fully saturated rings. The molecule has 0 aliphatic carbocycles. The minimum Gasteiger partial charge on any atom is -0.271 e. The highest BCUT2D eigenvalue weighted by atomic mass is 15.2. The number of nitrogens with zero attached hydrogens (tertiary/aromatic N) is 1. The molecule has 0 amide bonds. The van der Waals surface area contributed by atoms with E-state index in [1.54, 1.807) is 0 Å². The third kappa shape index (κ3) is 3.44. The molecule has 1 atom stereocenters. The molecule has 0 aliphatic rings. The molecule has 2 rings (SSSR count). The van der Waals surface area contributed by atoms with E-state index in [4.69, 9.17) is 5.84 Å². The Morgan fingerprint density at radius 1 is 1.05 bits per heavy atom. The standard InChI is InChI=1S/C17H23N3/c1-12-10-14(3)16(11-13(12)2)17(20-18)5-4-15-6-8-19-9-7-15/h6-11,17,20H,4-5,18H2,1-3H3. The molecule has 0 radical (unpaired) electrons. The average molecular weight is 269 g/mol. The average Bonchev–Trinajstić information content (AvgIpc) is 2.46. The van der Waals surface area contributed by atoms with Crippen molar-refractivity contribution in [1.82, 2.24) is 10.4 Å². The molecule has 1 aromatic carbocycles. The fourth-order valence-electron chi connectivity index (χ4n) is 2.55. The van der Waals surface area contributed by atoms with Crippen LogP contribution in [0.2, 0.25) is 0 Å². The molecule has 1 heterocycles. The van der Waals surface area contributed by atoms with Crippen LogP contribution in [0.5, 0.6) is 0 Å². The Kier molecular flexibility index (Phi) is 4.88. The fourth-order valence-corrected chi connectivity index (χ4v) is 2.55. The van der Waals surface area contributed by atoms with Crippen molar-refractivity contribution < 1.29 is 0 Å². The van der Waals surface area contributed by atoms with Gasteiger partial charge in [-0.3, -0.25) is 16.3 Å². The monoisotopic (exact) mass is 269 g/mol. The lowest BCUT2D eigenvalue weighted by Crippen LogP contribution is -2.29. The van der Waals surface area contributed by atoms with Gasteiger partial charge in [-0.15, -0.1) is 0 Å². The van der Waals surface area contributed by atoms with E-state index in [0.717, 1.165) is 12.8 Å². The fraction of sp³-hybridized carbons (Fsp3) is 0.353. The highest BCUT2D eigenvalue weighted by molar-refractivity contribution is 5.38. The zero-order valence-corrected chi connectivity index (χ0v) is 12.5. The van der Waals surface area contributed by atoms with Crippen molar-refractivity contribution in [2.45, 2.75) is 39.7 Å². The van der Waals surface area contributed by atoms with Crippen LogP contribution in [0.1, 0.15) is 40.3 Å². The van der Waals surface area contributed by atoms with Gasteiger partial charge in [0, 0.05) is 18.4 Å². The second-order valence-corrected chi connectivity index (χ2v) is 5.41. The first-order valence-electron chi connectivity index (χ1n) is 7.04. The summed E-state index contributed by atoms with van der Waals surface area (Å²) in [6.07, 6.45) is 5.64. The third-order valence-electron chi connectivity index (χ3n) is 3.93. The highest BCUT2D eigenvalue weighted by Gasteiger charge is 2.13. The molecule has 1 aromatic heterocycles. The molecular formula is C17H23N3. The molecule has 0 aliphatic heterocycles. The predicted molar refractivity (Wildman–Crippen MR) is 83.3 cm³/mol. The summed E-state index contributed by atoms with van der Waals surface area (Å²) in [5.74, 6) is 5.76. The van der Waals surface area contributed by atoms with Gasteiger partial charge in [0.25, 0.3) is 0 Å². The molecule has 2 aromatic rings. The van der Waals surface area contributed by atoms with Crippen LogP contribution in [0.15, 0.2) is 36.7 Å². The first-order valence-corrected chi connectivity index (χ1v) is 7.04. The van der Waals surface area contributed by atoms with E-state index in [1.165, 1.54) is 27.8 Å². The molecule has 0 spiro atoms. The van der Waals surface area contributed by atoms with Crippen LogP contribution in [0.4, 0.5) is 0 Å². The van der Waals surface area contributed by atoms with Crippen LogP contribution in [0.3, 0.4) is 0 Å². The van der Waals surface area contributed by atoms with Crippen molar-refractivity contribution in [3.63, 3.8) is 0 Å². The Morgan fingerprint density at radius 2 is 1.70 bits per heavy atom. The lowest BCUT2D eigenvalue weighted by Gasteiger charge is -2.20. The maximum absolute atomic E-state index is 5.76. The molecule has 1 unspecified atom stereocenters. The van der Waals surface area contributed by atoms with Gasteiger partial charge in [-0.05, 0) is 73.6 Å². The lowest BCUT2D eigenvalue weighted by atomic mass is 9.93. The number of benzene rings is 1. The molecule has 0 bridgehead atoms. The van der Waals surface area contributed by atoms with E-state index >= 15 is 0 Å². The number of hydrogen-bond donors (Lipinski definition) is 2. The summed E-state index contributed by atoms with van der Waals surface area (Å²) in [7, 11) is 0. The Morgan fingerprint density at radius 3 is 2.35 bits per heavy atom. The number of nitrogens with two attached hydrogens (primary N) is 1. The number of pyridine rings is 1. The maximum Gasteiger partial charge on any atom is 0.0465 e. The van der Waals surface area contributed by atoms with Gasteiger partial charge in [-0.25, -0.2) is 0 Å². The number of hydrazine groups is 1. The minimum absolute atomic E-state index is 0.183. The Hall–Kier alpha value is -1.71. The van der Waals surface area contributed by atoms with Crippen LogP contribution in [-0.2, 0) is 6.42 Å². The summed E-state index contributed by atoms with van der Waals surface area (Å²) < 4.78 is 0. The van der Waals surface area contributed by atoms with E-state index in [9.17, 15) is 0 Å². The van der Waals surface area contributed by atoms with Crippen LogP contribution in [0.25, 0.3) is 0 Å². The summed E-state index contributed by atoms with van der Waals surface area (Å²) in [6.45, 7) is 6.45. The molecule has 0 saturated carbocycles. The molecule has 106 valence electrons. The van der Waals surface area contributed by atoms with E-state index in [-0.39, 0.29) is 6.04 Å². The van der Waals surface area contributed by atoms with Crippen molar-refractivity contribution in [2.75, 3.05) is 0 Å². The summed E-state index contributed by atoms with van der Waals surface area (Å²) >= 11 is 0. The van der Waals surface area contributed by atoms with E-state index in [0.29, 0.717) is 0 Å². The first kappa shape index (κ1) is 14.7. The number of rotatable bonds is 5. The SMILES string of the molecule is Cc1cc(C)c(C(CCc2ccncc2)NN)cc1C.